The Labute approximate surface area is 82.4 Å². The number of cyclic esters (lactones) is 1. The fourth-order valence-electron chi connectivity index (χ4n) is 1.45. The summed E-state index contributed by atoms with van der Waals surface area (Å²) in [6.45, 7) is 3.84. The van der Waals surface area contributed by atoms with Gasteiger partial charge in [-0.05, 0) is 13.8 Å². The number of aryl methyl sites for hydroxylation is 1. The standard InChI is InChI=1S/C11H11NO2/c1-7-3-5-9(6-4-7)10-8(2)14-11(13)12-10/h3-6,8H,1-2H3. The molecule has 0 aliphatic carbocycles. The fourth-order valence-corrected chi connectivity index (χ4v) is 1.45. The molecule has 1 atom stereocenters. The summed E-state index contributed by atoms with van der Waals surface area (Å²) in [5.41, 5.74) is 2.86. The van der Waals surface area contributed by atoms with E-state index in [0.717, 1.165) is 11.3 Å². The summed E-state index contributed by atoms with van der Waals surface area (Å²) in [7, 11) is 0. The van der Waals surface area contributed by atoms with Gasteiger partial charge in [0.15, 0.2) is 0 Å². The molecular weight excluding hydrogens is 178 g/mol. The lowest BCUT2D eigenvalue weighted by atomic mass is 10.1. The quantitative estimate of drug-likeness (QED) is 0.680. The smallest absolute Gasteiger partial charge is 0.434 e. The normalized spacial score (nSPS) is 20.6. The molecule has 1 aliphatic heterocycles. The Bertz CT molecular complexity index is 392. The van der Waals surface area contributed by atoms with Crippen molar-refractivity contribution in [2.45, 2.75) is 20.0 Å². The molecule has 0 spiro atoms. The number of amides is 1. The Morgan fingerprint density at radius 1 is 1.29 bits per heavy atom. The van der Waals surface area contributed by atoms with Crippen molar-refractivity contribution in [3.63, 3.8) is 0 Å². The molecule has 1 aliphatic rings. The number of nitrogens with zero attached hydrogens (tertiary/aromatic N) is 1. The molecule has 1 aromatic carbocycles. The second-order valence-electron chi connectivity index (χ2n) is 3.39. The number of carbonyl (C=O) groups excluding carboxylic acids is 1. The Morgan fingerprint density at radius 3 is 2.43 bits per heavy atom. The van der Waals surface area contributed by atoms with Crippen molar-refractivity contribution in [1.29, 1.82) is 0 Å². The monoisotopic (exact) mass is 189 g/mol. The summed E-state index contributed by atoms with van der Waals surface area (Å²) in [6.07, 6.45) is -0.724. The molecule has 72 valence electrons. The van der Waals surface area contributed by atoms with E-state index in [2.05, 4.69) is 4.99 Å². The largest absolute Gasteiger partial charge is 0.438 e. The highest BCUT2D eigenvalue weighted by Gasteiger charge is 2.24. The summed E-state index contributed by atoms with van der Waals surface area (Å²) < 4.78 is 4.92. The van der Waals surface area contributed by atoms with E-state index in [4.69, 9.17) is 4.74 Å². The van der Waals surface area contributed by atoms with Gasteiger partial charge >= 0.3 is 6.09 Å². The van der Waals surface area contributed by atoms with E-state index >= 15 is 0 Å². The van der Waals surface area contributed by atoms with Crippen molar-refractivity contribution in [3.05, 3.63) is 35.4 Å². The number of hydrogen-bond donors (Lipinski definition) is 0. The number of ether oxygens (including phenoxy) is 1. The Morgan fingerprint density at radius 2 is 1.93 bits per heavy atom. The minimum absolute atomic E-state index is 0.231. The van der Waals surface area contributed by atoms with E-state index < -0.39 is 6.09 Å². The van der Waals surface area contributed by atoms with E-state index in [1.807, 2.05) is 38.1 Å². The molecule has 1 unspecified atom stereocenters. The van der Waals surface area contributed by atoms with Gasteiger partial charge in [0.25, 0.3) is 0 Å². The highest BCUT2D eigenvalue weighted by molar-refractivity contribution is 6.11. The average Bonchev–Trinajstić information content (AvgIpc) is 2.47. The molecule has 0 N–H and O–H groups in total. The third-order valence-electron chi connectivity index (χ3n) is 2.22. The lowest BCUT2D eigenvalue weighted by Gasteiger charge is -2.05. The minimum Gasteiger partial charge on any atom is -0.438 e. The van der Waals surface area contributed by atoms with Crippen LogP contribution in [0.15, 0.2) is 29.3 Å². The van der Waals surface area contributed by atoms with Gasteiger partial charge in [0.1, 0.15) is 6.10 Å². The molecule has 0 aromatic heterocycles. The number of rotatable bonds is 1. The molecule has 1 heterocycles. The van der Waals surface area contributed by atoms with Crippen LogP contribution in [0.2, 0.25) is 0 Å². The topological polar surface area (TPSA) is 38.7 Å². The Hall–Kier alpha value is -1.64. The third kappa shape index (κ3) is 1.53. The van der Waals surface area contributed by atoms with E-state index in [0.29, 0.717) is 0 Å². The minimum atomic E-state index is -0.493. The SMILES string of the molecule is Cc1ccc(C2=NC(=O)OC2C)cc1. The van der Waals surface area contributed by atoms with E-state index in [1.165, 1.54) is 5.56 Å². The van der Waals surface area contributed by atoms with Crippen molar-refractivity contribution in [3.8, 4) is 0 Å². The molecular formula is C11H11NO2. The van der Waals surface area contributed by atoms with E-state index in [-0.39, 0.29) is 6.10 Å². The van der Waals surface area contributed by atoms with Gasteiger partial charge in [0, 0.05) is 5.56 Å². The van der Waals surface area contributed by atoms with Gasteiger partial charge < -0.3 is 4.74 Å². The molecule has 0 bridgehead atoms. The average molecular weight is 189 g/mol. The zero-order valence-electron chi connectivity index (χ0n) is 8.15. The molecule has 0 saturated carbocycles. The van der Waals surface area contributed by atoms with Crippen LogP contribution in [-0.4, -0.2) is 17.9 Å². The zero-order chi connectivity index (χ0) is 10.1. The summed E-state index contributed by atoms with van der Waals surface area (Å²) >= 11 is 0. The maximum Gasteiger partial charge on any atom is 0.434 e. The maximum atomic E-state index is 10.9. The zero-order valence-corrected chi connectivity index (χ0v) is 8.15. The van der Waals surface area contributed by atoms with Crippen LogP contribution >= 0.6 is 0 Å². The lowest BCUT2D eigenvalue weighted by Crippen LogP contribution is -2.15. The first-order valence-corrected chi connectivity index (χ1v) is 4.53. The highest BCUT2D eigenvalue weighted by atomic mass is 16.6. The summed E-state index contributed by atoms with van der Waals surface area (Å²) in [5.74, 6) is 0. The molecule has 3 heteroatoms. The molecule has 0 saturated heterocycles. The summed E-state index contributed by atoms with van der Waals surface area (Å²) in [4.78, 5) is 14.7. The molecule has 2 rings (SSSR count). The summed E-state index contributed by atoms with van der Waals surface area (Å²) in [6, 6.07) is 7.89. The van der Waals surface area contributed by atoms with Crippen molar-refractivity contribution < 1.29 is 9.53 Å². The van der Waals surface area contributed by atoms with Crippen LogP contribution < -0.4 is 0 Å². The molecule has 14 heavy (non-hydrogen) atoms. The molecule has 3 nitrogen and oxygen atoms in total. The van der Waals surface area contributed by atoms with Gasteiger partial charge in [0.05, 0.1) is 5.71 Å². The van der Waals surface area contributed by atoms with E-state index in [1.54, 1.807) is 0 Å². The number of aliphatic imine (C=N–C) groups is 1. The Balaban J connectivity index is 2.36. The lowest BCUT2D eigenvalue weighted by molar-refractivity contribution is 0.155. The second kappa shape index (κ2) is 3.25. The van der Waals surface area contributed by atoms with Gasteiger partial charge in [0.2, 0.25) is 0 Å². The van der Waals surface area contributed by atoms with Crippen molar-refractivity contribution in [2.75, 3.05) is 0 Å². The fraction of sp³-hybridized carbons (Fsp3) is 0.273. The molecule has 1 amide bonds. The van der Waals surface area contributed by atoms with Crippen molar-refractivity contribution in [1.82, 2.24) is 0 Å². The van der Waals surface area contributed by atoms with Crippen molar-refractivity contribution >= 4 is 11.8 Å². The summed E-state index contributed by atoms with van der Waals surface area (Å²) in [5, 5.41) is 0. The van der Waals surface area contributed by atoms with Gasteiger partial charge in [-0.3, -0.25) is 0 Å². The first-order valence-electron chi connectivity index (χ1n) is 4.53. The van der Waals surface area contributed by atoms with Gasteiger partial charge in [-0.25, -0.2) is 4.79 Å². The Kier molecular flexibility index (Phi) is 2.08. The van der Waals surface area contributed by atoms with Crippen LogP contribution in [0.3, 0.4) is 0 Å². The predicted molar refractivity (Wildman–Crippen MR) is 53.7 cm³/mol. The number of benzene rings is 1. The number of hydrogen-bond acceptors (Lipinski definition) is 2. The van der Waals surface area contributed by atoms with Crippen molar-refractivity contribution in [2.24, 2.45) is 4.99 Å². The first kappa shape index (κ1) is 8.94. The first-order chi connectivity index (χ1) is 6.66. The molecule has 1 aromatic rings. The third-order valence-corrected chi connectivity index (χ3v) is 2.22. The van der Waals surface area contributed by atoms with E-state index in [9.17, 15) is 4.79 Å². The van der Waals surface area contributed by atoms with Crippen LogP contribution in [0.4, 0.5) is 4.79 Å². The highest BCUT2D eigenvalue weighted by Crippen LogP contribution is 2.15. The number of carbonyl (C=O) groups is 1. The van der Waals surface area contributed by atoms with Crippen LogP contribution in [0, 0.1) is 6.92 Å². The maximum absolute atomic E-state index is 10.9. The molecule has 0 radical (unpaired) electrons. The van der Waals surface area contributed by atoms with Gasteiger partial charge in [-0.2, -0.15) is 4.99 Å². The van der Waals surface area contributed by atoms with Gasteiger partial charge in [-0.15, -0.1) is 0 Å². The van der Waals surface area contributed by atoms with Crippen LogP contribution in [0.25, 0.3) is 0 Å². The van der Waals surface area contributed by atoms with Gasteiger partial charge in [-0.1, -0.05) is 29.8 Å². The second-order valence-corrected chi connectivity index (χ2v) is 3.39. The van der Waals surface area contributed by atoms with Crippen LogP contribution in [0.1, 0.15) is 18.1 Å². The molecule has 0 fully saturated rings. The van der Waals surface area contributed by atoms with Crippen LogP contribution in [0.5, 0.6) is 0 Å². The predicted octanol–water partition coefficient (Wildman–Crippen LogP) is 2.32. The van der Waals surface area contributed by atoms with Crippen LogP contribution in [-0.2, 0) is 4.74 Å².